The number of hydrogen-bond donors (Lipinski definition) is 2. The first-order valence-electron chi connectivity index (χ1n) is 12.3. The molecule has 0 radical (unpaired) electrons. The lowest BCUT2D eigenvalue weighted by atomic mass is 9.97. The number of piperazine rings is 1. The van der Waals surface area contributed by atoms with Gasteiger partial charge in [-0.15, -0.1) is 0 Å². The zero-order chi connectivity index (χ0) is 22.8. The Morgan fingerprint density at radius 1 is 0.935 bits per heavy atom. The molecule has 0 aromatic rings. The van der Waals surface area contributed by atoms with Crippen LogP contribution in [0.5, 0.6) is 0 Å². The minimum atomic E-state index is -0.0614. The van der Waals surface area contributed by atoms with Crippen molar-refractivity contribution in [3.63, 3.8) is 0 Å². The zero-order valence-corrected chi connectivity index (χ0v) is 20.7. The average Bonchev–Trinajstić information content (AvgIpc) is 3.44. The zero-order valence-electron chi connectivity index (χ0n) is 20.7. The van der Waals surface area contributed by atoms with E-state index in [1.807, 2.05) is 0 Å². The van der Waals surface area contributed by atoms with E-state index >= 15 is 0 Å². The van der Waals surface area contributed by atoms with Gasteiger partial charge in [0.15, 0.2) is 0 Å². The molecule has 2 amide bonds. The smallest absolute Gasteiger partial charge is 0.236 e. The summed E-state index contributed by atoms with van der Waals surface area (Å²) in [7, 11) is 0. The molecule has 3 atom stereocenters. The Bertz CT molecular complexity index is 633. The second-order valence-electron chi connectivity index (χ2n) is 11.8. The Morgan fingerprint density at radius 3 is 2.23 bits per heavy atom. The molecule has 2 aliphatic heterocycles. The van der Waals surface area contributed by atoms with E-state index in [4.69, 9.17) is 0 Å². The molecule has 0 aromatic carbocycles. The summed E-state index contributed by atoms with van der Waals surface area (Å²) in [6, 6.07) is 0.630. The van der Waals surface area contributed by atoms with E-state index in [0.717, 1.165) is 52.0 Å². The maximum absolute atomic E-state index is 12.8. The van der Waals surface area contributed by atoms with Crippen LogP contribution in [0, 0.1) is 5.92 Å². The Labute approximate surface area is 189 Å². The highest BCUT2D eigenvalue weighted by Gasteiger charge is 2.49. The lowest BCUT2D eigenvalue weighted by molar-refractivity contribution is -0.134. The van der Waals surface area contributed by atoms with Crippen molar-refractivity contribution in [1.82, 2.24) is 25.3 Å². The second kappa shape index (κ2) is 9.75. The predicted molar refractivity (Wildman–Crippen MR) is 125 cm³/mol. The molecular weight excluding hydrogens is 390 g/mol. The van der Waals surface area contributed by atoms with E-state index < -0.39 is 0 Å². The molecule has 31 heavy (non-hydrogen) atoms. The molecular formula is C24H45N5O2. The van der Waals surface area contributed by atoms with Gasteiger partial charge >= 0.3 is 0 Å². The van der Waals surface area contributed by atoms with Gasteiger partial charge < -0.3 is 15.5 Å². The molecule has 2 saturated heterocycles. The molecule has 3 fully saturated rings. The van der Waals surface area contributed by atoms with Crippen molar-refractivity contribution in [3.8, 4) is 0 Å². The minimum Gasteiger partial charge on any atom is -0.352 e. The third-order valence-corrected chi connectivity index (χ3v) is 6.89. The SMILES string of the molecule is CC(C)(C)NCC(=O)NC1CC1C1CN(CC(=O)N2CCCCC2)CCN1C(C)(C)C. The van der Waals surface area contributed by atoms with Gasteiger partial charge in [0.05, 0.1) is 13.1 Å². The van der Waals surface area contributed by atoms with E-state index in [1.54, 1.807) is 0 Å². The average molecular weight is 436 g/mol. The van der Waals surface area contributed by atoms with Crippen LogP contribution >= 0.6 is 0 Å². The summed E-state index contributed by atoms with van der Waals surface area (Å²) in [5.74, 6) is 0.833. The number of rotatable bonds is 6. The predicted octanol–water partition coefficient (Wildman–Crippen LogP) is 1.68. The van der Waals surface area contributed by atoms with E-state index in [1.165, 1.54) is 6.42 Å². The van der Waals surface area contributed by atoms with Gasteiger partial charge in [0.1, 0.15) is 0 Å². The van der Waals surface area contributed by atoms with E-state index in [2.05, 4.69) is 66.9 Å². The number of hydrogen-bond acceptors (Lipinski definition) is 5. The Kier molecular flexibility index (Phi) is 7.70. The fourth-order valence-electron chi connectivity index (χ4n) is 5.06. The molecule has 3 unspecified atom stereocenters. The van der Waals surface area contributed by atoms with Crippen molar-refractivity contribution in [2.75, 3.05) is 45.8 Å². The monoisotopic (exact) mass is 435 g/mol. The van der Waals surface area contributed by atoms with Crippen LogP contribution < -0.4 is 10.6 Å². The summed E-state index contributed by atoms with van der Waals surface area (Å²) in [5, 5.41) is 6.50. The number of nitrogens with zero attached hydrogens (tertiary/aromatic N) is 3. The summed E-state index contributed by atoms with van der Waals surface area (Å²) in [6.07, 6.45) is 4.56. The number of piperidine rings is 1. The van der Waals surface area contributed by atoms with Crippen molar-refractivity contribution in [1.29, 1.82) is 0 Å². The summed E-state index contributed by atoms with van der Waals surface area (Å²) < 4.78 is 0. The van der Waals surface area contributed by atoms with Crippen molar-refractivity contribution in [3.05, 3.63) is 0 Å². The van der Waals surface area contributed by atoms with Gasteiger partial charge in [0, 0.05) is 55.9 Å². The Hall–Kier alpha value is -1.18. The maximum atomic E-state index is 12.8. The topological polar surface area (TPSA) is 67.9 Å². The summed E-state index contributed by atoms with van der Waals surface area (Å²) in [6.45, 7) is 18.6. The first-order valence-corrected chi connectivity index (χ1v) is 12.3. The summed E-state index contributed by atoms with van der Waals surface area (Å²) in [5.41, 5.74) is 0.0205. The lowest BCUT2D eigenvalue weighted by Crippen LogP contribution is -2.61. The number of nitrogens with one attached hydrogen (secondary N) is 2. The van der Waals surface area contributed by atoms with Gasteiger partial charge in [-0.05, 0) is 73.1 Å². The first kappa shape index (κ1) is 24.5. The summed E-state index contributed by atoms with van der Waals surface area (Å²) >= 11 is 0. The molecule has 7 heteroatoms. The molecule has 2 heterocycles. The normalized spacial score (nSPS) is 28.5. The van der Waals surface area contributed by atoms with Gasteiger partial charge in [0.2, 0.25) is 11.8 Å². The van der Waals surface area contributed by atoms with Crippen LogP contribution in [-0.2, 0) is 9.59 Å². The molecule has 7 nitrogen and oxygen atoms in total. The molecule has 1 aliphatic carbocycles. The van der Waals surface area contributed by atoms with Crippen LogP contribution in [0.4, 0.5) is 0 Å². The van der Waals surface area contributed by atoms with Gasteiger partial charge in [-0.25, -0.2) is 0 Å². The van der Waals surface area contributed by atoms with E-state index in [0.29, 0.717) is 25.0 Å². The summed E-state index contributed by atoms with van der Waals surface area (Å²) in [4.78, 5) is 32.2. The molecule has 0 aromatic heterocycles. The number of likely N-dealkylation sites (tertiary alicyclic amines) is 1. The minimum absolute atomic E-state index is 0.0614. The third-order valence-electron chi connectivity index (χ3n) is 6.89. The highest BCUT2D eigenvalue weighted by Crippen LogP contribution is 2.40. The van der Waals surface area contributed by atoms with Crippen molar-refractivity contribution >= 4 is 11.8 Å². The molecule has 3 rings (SSSR count). The van der Waals surface area contributed by atoms with Crippen molar-refractivity contribution in [2.24, 2.45) is 5.92 Å². The van der Waals surface area contributed by atoms with Gasteiger partial charge in [0.25, 0.3) is 0 Å². The fraction of sp³-hybridized carbons (Fsp3) is 0.917. The van der Waals surface area contributed by atoms with Crippen LogP contribution in [0.2, 0.25) is 0 Å². The van der Waals surface area contributed by atoms with Gasteiger partial charge in [-0.1, -0.05) is 0 Å². The number of amides is 2. The first-order chi connectivity index (χ1) is 14.4. The van der Waals surface area contributed by atoms with Crippen LogP contribution in [0.15, 0.2) is 0 Å². The largest absolute Gasteiger partial charge is 0.352 e. The fourth-order valence-corrected chi connectivity index (χ4v) is 5.06. The van der Waals surface area contributed by atoms with Gasteiger partial charge in [-0.2, -0.15) is 0 Å². The number of carbonyl (C=O) groups excluding carboxylic acids is 2. The van der Waals surface area contributed by atoms with E-state index in [-0.39, 0.29) is 28.9 Å². The number of carbonyl (C=O) groups is 2. The van der Waals surface area contributed by atoms with Crippen molar-refractivity contribution < 1.29 is 9.59 Å². The highest BCUT2D eigenvalue weighted by molar-refractivity contribution is 5.79. The van der Waals surface area contributed by atoms with Crippen LogP contribution in [-0.4, -0.2) is 95.5 Å². The maximum Gasteiger partial charge on any atom is 0.236 e. The van der Waals surface area contributed by atoms with Crippen molar-refractivity contribution in [2.45, 2.75) is 90.4 Å². The quantitative estimate of drug-likeness (QED) is 0.664. The molecule has 1 saturated carbocycles. The molecule has 0 bridgehead atoms. The van der Waals surface area contributed by atoms with E-state index in [9.17, 15) is 9.59 Å². The third kappa shape index (κ3) is 7.16. The van der Waals surface area contributed by atoms with Crippen LogP contribution in [0.3, 0.4) is 0 Å². The Morgan fingerprint density at radius 2 is 1.61 bits per heavy atom. The molecule has 3 aliphatic rings. The van der Waals surface area contributed by atoms with Crippen LogP contribution in [0.25, 0.3) is 0 Å². The second-order valence-corrected chi connectivity index (χ2v) is 11.8. The Balaban J connectivity index is 1.55. The highest BCUT2D eigenvalue weighted by atomic mass is 16.2. The molecule has 0 spiro atoms. The molecule has 178 valence electrons. The lowest BCUT2D eigenvalue weighted by Gasteiger charge is -2.48. The van der Waals surface area contributed by atoms with Gasteiger partial charge in [-0.3, -0.25) is 19.4 Å². The molecule has 2 N–H and O–H groups in total. The van der Waals surface area contributed by atoms with Crippen LogP contribution in [0.1, 0.15) is 67.2 Å². The standard InChI is InChI=1S/C24H45N5O2/c1-23(2,3)25-15-21(30)26-19-14-18(19)20-16-27(12-13-29(20)24(4,5)6)17-22(31)28-10-8-7-9-11-28/h18-20,25H,7-17H2,1-6H3,(H,26,30).